The molecule has 0 amide bonds. The van der Waals surface area contributed by atoms with Gasteiger partial charge in [-0.2, -0.15) is 0 Å². The molecule has 0 atom stereocenters. The largest absolute Gasteiger partial charge is 0.478 e. The third-order valence-corrected chi connectivity index (χ3v) is 7.24. The molecule has 4 heterocycles. The molecule has 0 fully saturated rings. The van der Waals surface area contributed by atoms with Crippen molar-refractivity contribution in [2.24, 2.45) is 0 Å². The maximum absolute atomic E-state index is 11.8. The van der Waals surface area contributed by atoms with Gasteiger partial charge in [0.25, 0.3) is 0 Å². The van der Waals surface area contributed by atoms with Gasteiger partial charge in [0.05, 0.1) is 33.9 Å². The third kappa shape index (κ3) is 4.82. The fourth-order valence-electron chi connectivity index (χ4n) is 4.22. The highest BCUT2D eigenvalue weighted by molar-refractivity contribution is 7.25. The van der Waals surface area contributed by atoms with Gasteiger partial charge in [-0.05, 0) is 60.7 Å². The number of pyridine rings is 3. The van der Waals surface area contributed by atoms with E-state index in [9.17, 15) is 19.8 Å². The quantitative estimate of drug-likeness (QED) is 0.256. The number of benzene rings is 2. The summed E-state index contributed by atoms with van der Waals surface area (Å²) in [5.41, 5.74) is 2.77. The Morgan fingerprint density at radius 1 is 0.615 bits per heavy atom. The van der Waals surface area contributed by atoms with Crippen LogP contribution in [0, 0.1) is 11.8 Å². The molecular formula is C31H17N3O4S. The van der Waals surface area contributed by atoms with E-state index in [1.165, 1.54) is 50.6 Å². The van der Waals surface area contributed by atoms with Gasteiger partial charge in [0.1, 0.15) is 0 Å². The van der Waals surface area contributed by atoms with Gasteiger partial charge in [-0.1, -0.05) is 30.0 Å². The number of carboxylic acids is 2. The zero-order valence-electron chi connectivity index (χ0n) is 20.1. The minimum Gasteiger partial charge on any atom is -0.478 e. The number of hydrogen-bond acceptors (Lipinski definition) is 6. The summed E-state index contributed by atoms with van der Waals surface area (Å²) in [5.74, 6) is 4.12. The van der Waals surface area contributed by atoms with Crippen molar-refractivity contribution in [3.05, 3.63) is 114 Å². The van der Waals surface area contributed by atoms with Gasteiger partial charge in [0, 0.05) is 43.7 Å². The van der Waals surface area contributed by atoms with E-state index in [2.05, 4.69) is 51.1 Å². The Balaban J connectivity index is 1.38. The van der Waals surface area contributed by atoms with Gasteiger partial charge in [0.2, 0.25) is 0 Å². The third-order valence-electron chi connectivity index (χ3n) is 6.09. The Labute approximate surface area is 226 Å². The van der Waals surface area contributed by atoms with Crippen LogP contribution in [0.3, 0.4) is 0 Å². The first-order valence-corrected chi connectivity index (χ1v) is 12.6. The van der Waals surface area contributed by atoms with Crippen molar-refractivity contribution in [1.82, 2.24) is 15.0 Å². The van der Waals surface area contributed by atoms with Crippen molar-refractivity contribution in [1.29, 1.82) is 0 Å². The normalized spacial score (nSPS) is 10.8. The number of rotatable bonds is 4. The summed E-state index contributed by atoms with van der Waals surface area (Å²) in [6, 6.07) is 23.4. The summed E-state index contributed by atoms with van der Waals surface area (Å²) >= 11 is 1.75. The number of carbonyl (C=O) groups is 2. The fraction of sp³-hybridized carbons (Fsp3) is 0. The first-order valence-electron chi connectivity index (χ1n) is 11.8. The lowest BCUT2D eigenvalue weighted by Gasteiger charge is -2.07. The summed E-state index contributed by atoms with van der Waals surface area (Å²) < 4.78 is 2.44. The van der Waals surface area contributed by atoms with Gasteiger partial charge < -0.3 is 10.2 Å². The maximum Gasteiger partial charge on any atom is 0.335 e. The standard InChI is InChI=1S/C31H17N3O4S/c35-30(36)20-10-12-33-25(15-20)27-17-21(31(37)38)16-26(34-27)24-14-19(9-11-32-24)6-5-18-7-8-29-23(13-18)22-3-1-2-4-28(22)39-29/h1-4,7-17H,(H,35,36)(H,37,38). The summed E-state index contributed by atoms with van der Waals surface area (Å²) in [7, 11) is 0. The lowest BCUT2D eigenvalue weighted by Crippen LogP contribution is -2.02. The molecule has 7 nitrogen and oxygen atoms in total. The van der Waals surface area contributed by atoms with Crippen LogP contribution in [0.5, 0.6) is 0 Å². The summed E-state index contributed by atoms with van der Waals surface area (Å²) in [6.07, 6.45) is 2.94. The number of aromatic carboxylic acids is 2. The molecule has 0 aliphatic rings. The highest BCUT2D eigenvalue weighted by atomic mass is 32.1. The second-order valence-electron chi connectivity index (χ2n) is 8.66. The van der Waals surface area contributed by atoms with E-state index in [0.29, 0.717) is 17.0 Å². The summed E-state index contributed by atoms with van der Waals surface area (Å²) in [6.45, 7) is 0. The Morgan fingerprint density at radius 2 is 1.23 bits per heavy atom. The van der Waals surface area contributed by atoms with Crippen LogP contribution >= 0.6 is 11.3 Å². The van der Waals surface area contributed by atoms with Gasteiger partial charge in [-0.15, -0.1) is 11.3 Å². The number of hydrogen-bond donors (Lipinski definition) is 2. The van der Waals surface area contributed by atoms with Crippen LogP contribution in [0.15, 0.2) is 91.3 Å². The predicted octanol–water partition coefficient (Wildman–Crippen LogP) is 6.37. The van der Waals surface area contributed by atoms with Crippen molar-refractivity contribution < 1.29 is 19.8 Å². The van der Waals surface area contributed by atoms with Gasteiger partial charge in [-0.25, -0.2) is 14.6 Å². The van der Waals surface area contributed by atoms with Crippen LogP contribution in [-0.4, -0.2) is 37.1 Å². The van der Waals surface area contributed by atoms with Crippen LogP contribution in [0.2, 0.25) is 0 Å². The smallest absolute Gasteiger partial charge is 0.335 e. The van der Waals surface area contributed by atoms with Gasteiger partial charge in [0.15, 0.2) is 0 Å². The average Bonchev–Trinajstić information content (AvgIpc) is 3.34. The number of nitrogens with zero attached hydrogens (tertiary/aromatic N) is 3. The molecule has 0 radical (unpaired) electrons. The number of fused-ring (bicyclic) bond motifs is 3. The van der Waals surface area contributed by atoms with Crippen molar-refractivity contribution in [2.45, 2.75) is 0 Å². The van der Waals surface area contributed by atoms with Crippen LogP contribution in [-0.2, 0) is 0 Å². The van der Waals surface area contributed by atoms with Crippen molar-refractivity contribution >= 4 is 43.4 Å². The zero-order valence-corrected chi connectivity index (χ0v) is 20.9. The van der Waals surface area contributed by atoms with Gasteiger partial charge >= 0.3 is 11.9 Å². The van der Waals surface area contributed by atoms with Gasteiger partial charge in [-0.3, -0.25) is 9.97 Å². The van der Waals surface area contributed by atoms with Crippen LogP contribution in [0.25, 0.3) is 42.9 Å². The second kappa shape index (κ2) is 9.82. The second-order valence-corrected chi connectivity index (χ2v) is 9.74. The molecule has 6 rings (SSSR count). The molecule has 186 valence electrons. The predicted molar refractivity (Wildman–Crippen MR) is 150 cm³/mol. The minimum atomic E-state index is -1.15. The Bertz CT molecular complexity index is 2000. The molecule has 8 heteroatoms. The molecule has 0 spiro atoms. The van der Waals surface area contributed by atoms with E-state index in [-0.39, 0.29) is 22.5 Å². The molecule has 0 saturated heterocycles. The van der Waals surface area contributed by atoms with Crippen LogP contribution in [0.4, 0.5) is 0 Å². The van der Waals surface area contributed by atoms with Crippen molar-refractivity contribution in [3.8, 4) is 34.6 Å². The highest BCUT2D eigenvalue weighted by Crippen LogP contribution is 2.34. The SMILES string of the molecule is O=C(O)c1ccnc(-c2cc(C(=O)O)cc(-c3cc(C#Cc4ccc5sc6ccccc6c5c4)ccn3)n2)c1. The maximum atomic E-state index is 11.8. The molecule has 2 aromatic carbocycles. The minimum absolute atomic E-state index is 0.0212. The summed E-state index contributed by atoms with van der Waals surface area (Å²) in [5, 5.41) is 21.4. The molecule has 0 aliphatic heterocycles. The monoisotopic (exact) mass is 527 g/mol. The molecule has 6 aromatic rings. The first kappa shape index (κ1) is 24.0. The lowest BCUT2D eigenvalue weighted by atomic mass is 10.1. The fourth-order valence-corrected chi connectivity index (χ4v) is 5.30. The molecule has 0 bridgehead atoms. The Morgan fingerprint density at radius 3 is 1.97 bits per heavy atom. The molecule has 2 N–H and O–H groups in total. The van der Waals surface area contributed by atoms with Crippen LogP contribution < -0.4 is 0 Å². The molecule has 0 saturated carbocycles. The summed E-state index contributed by atoms with van der Waals surface area (Å²) in [4.78, 5) is 36.3. The van der Waals surface area contributed by atoms with Crippen molar-refractivity contribution in [2.75, 3.05) is 0 Å². The molecule has 0 aliphatic carbocycles. The van der Waals surface area contributed by atoms with E-state index in [0.717, 1.165) is 5.56 Å². The molecular weight excluding hydrogens is 510 g/mol. The molecule has 39 heavy (non-hydrogen) atoms. The van der Waals surface area contributed by atoms with Crippen molar-refractivity contribution in [3.63, 3.8) is 0 Å². The number of carboxylic acid groups (broad SMARTS) is 2. The van der Waals surface area contributed by atoms with E-state index in [4.69, 9.17) is 0 Å². The Hall–Kier alpha value is -5.39. The zero-order chi connectivity index (χ0) is 26.9. The number of thiophene rings is 1. The van der Waals surface area contributed by atoms with E-state index >= 15 is 0 Å². The molecule has 4 aromatic heterocycles. The molecule has 0 unspecified atom stereocenters. The lowest BCUT2D eigenvalue weighted by molar-refractivity contribution is 0.0686. The van der Waals surface area contributed by atoms with E-state index in [1.807, 2.05) is 18.2 Å². The highest BCUT2D eigenvalue weighted by Gasteiger charge is 2.14. The first-order chi connectivity index (χ1) is 18.9. The van der Waals surface area contributed by atoms with E-state index < -0.39 is 11.9 Å². The van der Waals surface area contributed by atoms with E-state index in [1.54, 1.807) is 29.7 Å². The average molecular weight is 528 g/mol. The Kier molecular flexibility index (Phi) is 6.04. The topological polar surface area (TPSA) is 113 Å². The number of aromatic nitrogens is 3. The van der Waals surface area contributed by atoms with Crippen LogP contribution in [0.1, 0.15) is 31.8 Å².